The summed E-state index contributed by atoms with van der Waals surface area (Å²) in [5, 5.41) is 0.711. The molecule has 0 aliphatic rings. The van der Waals surface area contributed by atoms with Crippen molar-refractivity contribution < 1.29 is 9.53 Å². The number of halogens is 1. The van der Waals surface area contributed by atoms with Gasteiger partial charge < -0.3 is 9.14 Å². The Balaban J connectivity index is 2.02. The van der Waals surface area contributed by atoms with Gasteiger partial charge in [-0.3, -0.25) is 0 Å². The lowest BCUT2D eigenvalue weighted by Gasteiger charge is -2.00. The molecule has 0 amide bonds. The minimum atomic E-state index is -0.393. The molecule has 0 bridgehead atoms. The predicted octanol–water partition coefficient (Wildman–Crippen LogP) is 3.37. The third-order valence-electron chi connectivity index (χ3n) is 3.27. The summed E-state index contributed by atoms with van der Waals surface area (Å²) in [7, 11) is 1.36. The molecule has 0 radical (unpaired) electrons. The van der Waals surface area contributed by atoms with Gasteiger partial charge in [-0.2, -0.15) is 0 Å². The largest absolute Gasteiger partial charge is 0.465 e. The molecule has 0 aliphatic heterocycles. The molecule has 0 saturated carbocycles. The van der Waals surface area contributed by atoms with Gasteiger partial charge in [0.05, 0.1) is 12.8 Å². The van der Waals surface area contributed by atoms with E-state index >= 15 is 0 Å². The zero-order valence-corrected chi connectivity index (χ0v) is 12.2. The summed E-state index contributed by atoms with van der Waals surface area (Å²) in [4.78, 5) is 16.3. The molecule has 4 nitrogen and oxygen atoms in total. The summed E-state index contributed by atoms with van der Waals surface area (Å²) in [6.45, 7) is 0. The lowest BCUT2D eigenvalue weighted by molar-refractivity contribution is 0.0602. The highest BCUT2D eigenvalue weighted by molar-refractivity contribution is 6.31. The van der Waals surface area contributed by atoms with E-state index < -0.39 is 5.97 Å². The Bertz CT molecular complexity index is 811. The SMILES string of the molecule is COC(=O)c1cccn2cc(Cc3ccccc3Cl)nc12. The zero-order valence-electron chi connectivity index (χ0n) is 11.4. The molecule has 0 fully saturated rings. The summed E-state index contributed by atoms with van der Waals surface area (Å²) in [5.41, 5.74) is 2.89. The molecule has 0 saturated heterocycles. The van der Waals surface area contributed by atoms with E-state index in [1.165, 1.54) is 7.11 Å². The minimum Gasteiger partial charge on any atom is -0.465 e. The number of carbonyl (C=O) groups excluding carboxylic acids is 1. The van der Waals surface area contributed by atoms with Crippen LogP contribution in [-0.4, -0.2) is 22.5 Å². The third-order valence-corrected chi connectivity index (χ3v) is 3.64. The third kappa shape index (κ3) is 2.62. The Morgan fingerprint density at radius 3 is 2.86 bits per heavy atom. The van der Waals surface area contributed by atoms with Crippen molar-refractivity contribution in [3.8, 4) is 0 Å². The first kappa shape index (κ1) is 13.6. The fourth-order valence-corrected chi connectivity index (χ4v) is 2.46. The second kappa shape index (κ2) is 5.58. The number of methoxy groups -OCH3 is 1. The van der Waals surface area contributed by atoms with Crippen LogP contribution in [0.15, 0.2) is 48.8 Å². The summed E-state index contributed by atoms with van der Waals surface area (Å²) >= 11 is 6.17. The van der Waals surface area contributed by atoms with Crippen molar-refractivity contribution in [2.45, 2.75) is 6.42 Å². The van der Waals surface area contributed by atoms with Gasteiger partial charge in [-0.15, -0.1) is 0 Å². The number of pyridine rings is 1. The van der Waals surface area contributed by atoms with Crippen LogP contribution in [0.3, 0.4) is 0 Å². The van der Waals surface area contributed by atoms with Crippen molar-refractivity contribution in [2.24, 2.45) is 0 Å². The van der Waals surface area contributed by atoms with Crippen LogP contribution in [0, 0.1) is 0 Å². The fourth-order valence-electron chi connectivity index (χ4n) is 2.26. The lowest BCUT2D eigenvalue weighted by atomic mass is 10.1. The number of esters is 1. The number of nitrogens with zero attached hydrogens (tertiary/aromatic N) is 2. The first-order valence-electron chi connectivity index (χ1n) is 6.47. The van der Waals surface area contributed by atoms with Gasteiger partial charge in [0, 0.05) is 23.8 Å². The molecular weight excluding hydrogens is 288 g/mol. The second-order valence-electron chi connectivity index (χ2n) is 4.64. The molecule has 0 atom stereocenters. The van der Waals surface area contributed by atoms with Gasteiger partial charge in [0.2, 0.25) is 0 Å². The molecule has 3 rings (SSSR count). The monoisotopic (exact) mass is 300 g/mol. The molecule has 5 heteroatoms. The van der Waals surface area contributed by atoms with E-state index in [1.54, 1.807) is 12.1 Å². The molecule has 21 heavy (non-hydrogen) atoms. The highest BCUT2D eigenvalue weighted by Gasteiger charge is 2.13. The minimum absolute atomic E-state index is 0.393. The summed E-state index contributed by atoms with van der Waals surface area (Å²) < 4.78 is 6.60. The average Bonchev–Trinajstić information content (AvgIpc) is 2.91. The maximum atomic E-state index is 11.8. The van der Waals surface area contributed by atoms with Gasteiger partial charge in [0.25, 0.3) is 0 Å². The van der Waals surface area contributed by atoms with Gasteiger partial charge in [-0.1, -0.05) is 29.8 Å². The van der Waals surface area contributed by atoms with Crippen molar-refractivity contribution in [1.29, 1.82) is 0 Å². The number of benzene rings is 1. The van der Waals surface area contributed by atoms with Gasteiger partial charge in [0.1, 0.15) is 5.56 Å². The number of carbonyl (C=O) groups is 1. The van der Waals surface area contributed by atoms with Crippen LogP contribution in [0.25, 0.3) is 5.65 Å². The molecular formula is C16H13ClN2O2. The number of rotatable bonds is 3. The maximum Gasteiger partial charge on any atom is 0.341 e. The predicted molar refractivity (Wildman–Crippen MR) is 80.8 cm³/mol. The summed E-state index contributed by atoms with van der Waals surface area (Å²) in [5.74, 6) is -0.393. The Morgan fingerprint density at radius 1 is 1.29 bits per heavy atom. The van der Waals surface area contributed by atoms with E-state index in [1.807, 2.05) is 41.1 Å². The average molecular weight is 301 g/mol. The maximum absolute atomic E-state index is 11.8. The standard InChI is InChI=1S/C16H13ClN2O2/c1-21-16(20)13-6-4-8-19-10-12(18-15(13)19)9-11-5-2-3-7-14(11)17/h2-8,10H,9H2,1H3. The van der Waals surface area contributed by atoms with Crippen molar-refractivity contribution in [1.82, 2.24) is 9.38 Å². The van der Waals surface area contributed by atoms with Gasteiger partial charge in [-0.05, 0) is 23.8 Å². The van der Waals surface area contributed by atoms with Crippen molar-refractivity contribution in [3.63, 3.8) is 0 Å². The first-order valence-corrected chi connectivity index (χ1v) is 6.85. The molecule has 106 valence electrons. The Labute approximate surface area is 126 Å². The van der Waals surface area contributed by atoms with E-state index in [4.69, 9.17) is 16.3 Å². The van der Waals surface area contributed by atoms with E-state index in [9.17, 15) is 4.79 Å². The molecule has 2 heterocycles. The molecule has 0 spiro atoms. The molecule has 0 N–H and O–H groups in total. The quantitative estimate of drug-likeness (QED) is 0.697. The Kier molecular flexibility index (Phi) is 3.62. The van der Waals surface area contributed by atoms with Crippen LogP contribution >= 0.6 is 11.6 Å². The van der Waals surface area contributed by atoms with Crippen molar-refractivity contribution in [2.75, 3.05) is 7.11 Å². The second-order valence-corrected chi connectivity index (χ2v) is 5.05. The molecule has 2 aromatic heterocycles. The number of fused-ring (bicyclic) bond motifs is 1. The van der Waals surface area contributed by atoms with Crippen LogP contribution in [0.2, 0.25) is 5.02 Å². The highest BCUT2D eigenvalue weighted by atomic mass is 35.5. The van der Waals surface area contributed by atoms with Gasteiger partial charge in [0.15, 0.2) is 5.65 Å². The normalized spacial score (nSPS) is 10.8. The van der Waals surface area contributed by atoms with E-state index in [2.05, 4.69) is 4.98 Å². The molecule has 0 unspecified atom stereocenters. The van der Waals surface area contributed by atoms with Crippen LogP contribution in [0.1, 0.15) is 21.6 Å². The van der Waals surface area contributed by atoms with Crippen molar-refractivity contribution >= 4 is 23.2 Å². The number of aromatic nitrogens is 2. The number of ether oxygens (including phenoxy) is 1. The molecule has 0 aliphatic carbocycles. The summed E-state index contributed by atoms with van der Waals surface area (Å²) in [6, 6.07) is 11.1. The topological polar surface area (TPSA) is 43.6 Å². The van der Waals surface area contributed by atoms with Crippen molar-refractivity contribution in [3.05, 3.63) is 70.6 Å². The Morgan fingerprint density at radius 2 is 2.10 bits per heavy atom. The van der Waals surface area contributed by atoms with E-state index in [0.717, 1.165) is 11.3 Å². The van der Waals surface area contributed by atoms with Crippen LogP contribution in [0.4, 0.5) is 0 Å². The molecule has 1 aromatic carbocycles. The smallest absolute Gasteiger partial charge is 0.341 e. The number of hydrogen-bond acceptors (Lipinski definition) is 3. The zero-order chi connectivity index (χ0) is 14.8. The van der Waals surface area contributed by atoms with Crippen LogP contribution in [-0.2, 0) is 11.2 Å². The fraction of sp³-hybridized carbons (Fsp3) is 0.125. The molecule has 3 aromatic rings. The van der Waals surface area contributed by atoms with Crippen LogP contribution < -0.4 is 0 Å². The number of hydrogen-bond donors (Lipinski definition) is 0. The first-order chi connectivity index (χ1) is 10.2. The van der Waals surface area contributed by atoms with E-state index in [-0.39, 0.29) is 0 Å². The lowest BCUT2D eigenvalue weighted by Crippen LogP contribution is -2.03. The Hall–Kier alpha value is -2.33. The van der Waals surface area contributed by atoms with Gasteiger partial charge >= 0.3 is 5.97 Å². The number of imidazole rings is 1. The summed E-state index contributed by atoms with van der Waals surface area (Å²) in [6.07, 6.45) is 4.36. The van der Waals surface area contributed by atoms with Gasteiger partial charge in [-0.25, -0.2) is 9.78 Å². The van der Waals surface area contributed by atoms with Crippen LogP contribution in [0.5, 0.6) is 0 Å². The van der Waals surface area contributed by atoms with E-state index in [0.29, 0.717) is 22.7 Å². The highest BCUT2D eigenvalue weighted by Crippen LogP contribution is 2.20.